The van der Waals surface area contributed by atoms with E-state index in [1.54, 1.807) is 24.5 Å². The first-order valence-corrected chi connectivity index (χ1v) is 9.34. The number of H-pyrrole nitrogens is 1. The predicted molar refractivity (Wildman–Crippen MR) is 114 cm³/mol. The molecule has 0 radical (unpaired) electrons. The number of pyridine rings is 1. The largest absolute Gasteiger partial charge is 0.488 e. The Kier molecular flexibility index (Phi) is 5.91. The molecular formula is C23H19N5O2. The van der Waals surface area contributed by atoms with Gasteiger partial charge in [0.15, 0.2) is 0 Å². The van der Waals surface area contributed by atoms with Gasteiger partial charge in [0.05, 0.1) is 11.9 Å². The first kappa shape index (κ1) is 19.1. The molecule has 7 heteroatoms. The van der Waals surface area contributed by atoms with Crippen LogP contribution in [-0.4, -0.2) is 27.3 Å². The van der Waals surface area contributed by atoms with Crippen LogP contribution in [0.3, 0.4) is 0 Å². The second-order valence-electron chi connectivity index (χ2n) is 6.42. The fraction of sp³-hybridized carbons (Fsp3) is 0.0435. The van der Waals surface area contributed by atoms with E-state index < -0.39 is 5.91 Å². The van der Waals surface area contributed by atoms with Gasteiger partial charge >= 0.3 is 0 Å². The molecule has 1 amide bonds. The molecule has 0 aliphatic heterocycles. The van der Waals surface area contributed by atoms with E-state index in [2.05, 4.69) is 25.7 Å². The van der Waals surface area contributed by atoms with Gasteiger partial charge in [0.25, 0.3) is 5.91 Å². The average molecular weight is 397 g/mol. The molecule has 0 aliphatic carbocycles. The smallest absolute Gasteiger partial charge is 0.289 e. The van der Waals surface area contributed by atoms with E-state index in [1.165, 1.54) is 6.21 Å². The van der Waals surface area contributed by atoms with E-state index in [9.17, 15) is 4.79 Å². The Morgan fingerprint density at radius 1 is 1.07 bits per heavy atom. The van der Waals surface area contributed by atoms with Gasteiger partial charge in [-0.1, -0.05) is 48.5 Å². The molecule has 0 saturated heterocycles. The molecule has 0 atom stereocenters. The summed E-state index contributed by atoms with van der Waals surface area (Å²) in [6, 6.07) is 22.8. The first-order chi connectivity index (χ1) is 14.8. The maximum atomic E-state index is 12.3. The van der Waals surface area contributed by atoms with Crippen LogP contribution in [0.25, 0.3) is 11.3 Å². The maximum Gasteiger partial charge on any atom is 0.289 e. The third-order valence-corrected chi connectivity index (χ3v) is 4.29. The number of aromatic nitrogens is 3. The summed E-state index contributed by atoms with van der Waals surface area (Å²) >= 11 is 0. The van der Waals surface area contributed by atoms with Gasteiger partial charge in [-0.05, 0) is 29.8 Å². The maximum absolute atomic E-state index is 12.3. The Bertz CT molecular complexity index is 1140. The number of carbonyl (C=O) groups is 1. The van der Waals surface area contributed by atoms with E-state index in [1.807, 2.05) is 60.7 Å². The molecule has 7 nitrogen and oxygen atoms in total. The van der Waals surface area contributed by atoms with Crippen molar-refractivity contribution in [1.29, 1.82) is 0 Å². The summed E-state index contributed by atoms with van der Waals surface area (Å²) in [6.07, 6.45) is 4.84. The van der Waals surface area contributed by atoms with Gasteiger partial charge in [-0.15, -0.1) is 0 Å². The summed E-state index contributed by atoms with van der Waals surface area (Å²) in [4.78, 5) is 16.3. The minimum atomic E-state index is -0.392. The Labute approximate surface area is 173 Å². The minimum Gasteiger partial charge on any atom is -0.488 e. The molecule has 0 unspecified atom stereocenters. The molecule has 2 aromatic carbocycles. The quantitative estimate of drug-likeness (QED) is 0.366. The van der Waals surface area contributed by atoms with Gasteiger partial charge < -0.3 is 4.74 Å². The molecule has 0 saturated carbocycles. The molecule has 4 rings (SSSR count). The number of hydrogen-bond donors (Lipinski definition) is 2. The highest BCUT2D eigenvalue weighted by molar-refractivity contribution is 5.94. The lowest BCUT2D eigenvalue weighted by Gasteiger charge is -2.10. The van der Waals surface area contributed by atoms with Crippen molar-refractivity contribution in [1.82, 2.24) is 20.6 Å². The van der Waals surface area contributed by atoms with Crippen molar-refractivity contribution in [2.75, 3.05) is 0 Å². The molecule has 0 fully saturated rings. The third kappa shape index (κ3) is 4.77. The molecule has 0 aliphatic rings. The SMILES string of the molecule is O=C(N/N=C/c1cccnc1)c1cc(-c2ccccc2OCc2ccccc2)n[nH]1. The van der Waals surface area contributed by atoms with Crippen molar-refractivity contribution in [2.24, 2.45) is 5.10 Å². The summed E-state index contributed by atoms with van der Waals surface area (Å²) in [6.45, 7) is 0.443. The van der Waals surface area contributed by atoms with Crippen LogP contribution in [0.5, 0.6) is 5.75 Å². The first-order valence-electron chi connectivity index (χ1n) is 9.34. The average Bonchev–Trinajstić information content (AvgIpc) is 3.30. The number of amides is 1. The minimum absolute atomic E-state index is 0.297. The number of nitrogens with one attached hydrogen (secondary N) is 2. The van der Waals surface area contributed by atoms with Crippen LogP contribution in [0, 0.1) is 0 Å². The lowest BCUT2D eigenvalue weighted by atomic mass is 10.1. The Morgan fingerprint density at radius 3 is 2.73 bits per heavy atom. The monoisotopic (exact) mass is 397 g/mol. The van der Waals surface area contributed by atoms with E-state index in [0.29, 0.717) is 23.7 Å². The van der Waals surface area contributed by atoms with Crippen LogP contribution < -0.4 is 10.2 Å². The number of aromatic amines is 1. The van der Waals surface area contributed by atoms with Crippen LogP contribution in [0.4, 0.5) is 0 Å². The van der Waals surface area contributed by atoms with Gasteiger partial charge in [0.1, 0.15) is 18.1 Å². The zero-order valence-corrected chi connectivity index (χ0v) is 16.0. The number of hydrazone groups is 1. The fourth-order valence-electron chi connectivity index (χ4n) is 2.79. The van der Waals surface area contributed by atoms with Crippen molar-refractivity contribution in [3.05, 3.63) is 102 Å². The molecule has 2 N–H and O–H groups in total. The molecule has 2 aromatic heterocycles. The number of hydrogen-bond acceptors (Lipinski definition) is 5. The summed E-state index contributed by atoms with van der Waals surface area (Å²) in [5, 5.41) is 11.0. The van der Waals surface area contributed by atoms with Crippen LogP contribution in [-0.2, 0) is 6.61 Å². The molecular weight excluding hydrogens is 378 g/mol. The molecule has 0 spiro atoms. The van der Waals surface area contributed by atoms with E-state index in [4.69, 9.17) is 4.74 Å². The zero-order chi connectivity index (χ0) is 20.6. The second-order valence-corrected chi connectivity index (χ2v) is 6.42. The van der Waals surface area contributed by atoms with Crippen LogP contribution in [0.2, 0.25) is 0 Å². The van der Waals surface area contributed by atoms with Crippen molar-refractivity contribution in [2.45, 2.75) is 6.61 Å². The molecule has 4 aromatic rings. The topological polar surface area (TPSA) is 92.3 Å². The standard InChI is InChI=1S/C23H19N5O2/c29-23(28-25-15-18-9-6-12-24-14-18)21-13-20(26-27-21)19-10-4-5-11-22(19)30-16-17-7-2-1-3-8-17/h1-15H,16H2,(H,26,27)(H,28,29)/b25-15+. The molecule has 0 bridgehead atoms. The highest BCUT2D eigenvalue weighted by Gasteiger charge is 2.13. The number of para-hydroxylation sites is 1. The van der Waals surface area contributed by atoms with Crippen LogP contribution in [0.15, 0.2) is 90.3 Å². The number of rotatable bonds is 7. The molecule has 148 valence electrons. The number of benzene rings is 2. The summed E-state index contributed by atoms with van der Waals surface area (Å²) < 4.78 is 5.98. The molecule has 2 heterocycles. The van der Waals surface area contributed by atoms with E-state index in [-0.39, 0.29) is 0 Å². The highest BCUT2D eigenvalue weighted by Crippen LogP contribution is 2.29. The molecule has 30 heavy (non-hydrogen) atoms. The Hall–Kier alpha value is -4.26. The summed E-state index contributed by atoms with van der Waals surface area (Å²) in [5.41, 5.74) is 6.03. The van der Waals surface area contributed by atoms with Crippen molar-refractivity contribution >= 4 is 12.1 Å². The van der Waals surface area contributed by atoms with E-state index >= 15 is 0 Å². The highest BCUT2D eigenvalue weighted by atomic mass is 16.5. The normalized spacial score (nSPS) is 10.8. The summed E-state index contributed by atoms with van der Waals surface area (Å²) in [7, 11) is 0. The lowest BCUT2D eigenvalue weighted by Crippen LogP contribution is -2.18. The third-order valence-electron chi connectivity index (χ3n) is 4.29. The van der Waals surface area contributed by atoms with Crippen LogP contribution >= 0.6 is 0 Å². The van der Waals surface area contributed by atoms with Gasteiger partial charge in [-0.2, -0.15) is 10.2 Å². The van der Waals surface area contributed by atoms with Gasteiger partial charge in [0, 0.05) is 23.5 Å². The zero-order valence-electron chi connectivity index (χ0n) is 16.0. The number of nitrogens with zero attached hydrogens (tertiary/aromatic N) is 3. The van der Waals surface area contributed by atoms with Gasteiger partial charge in [-0.25, -0.2) is 5.43 Å². The second kappa shape index (κ2) is 9.29. The predicted octanol–water partition coefficient (Wildman–Crippen LogP) is 3.81. The summed E-state index contributed by atoms with van der Waals surface area (Å²) in [5.74, 6) is 0.297. The lowest BCUT2D eigenvalue weighted by molar-refractivity contribution is 0.0950. The van der Waals surface area contributed by atoms with Gasteiger partial charge in [-0.3, -0.25) is 14.9 Å². The van der Waals surface area contributed by atoms with Crippen LogP contribution in [0.1, 0.15) is 21.6 Å². The fourth-order valence-corrected chi connectivity index (χ4v) is 2.79. The van der Waals surface area contributed by atoms with Crippen molar-refractivity contribution < 1.29 is 9.53 Å². The van der Waals surface area contributed by atoms with Gasteiger partial charge in [0.2, 0.25) is 0 Å². The number of carbonyl (C=O) groups excluding carboxylic acids is 1. The van der Waals surface area contributed by atoms with Crippen molar-refractivity contribution in [3.8, 4) is 17.0 Å². The Morgan fingerprint density at radius 2 is 1.90 bits per heavy atom. The van der Waals surface area contributed by atoms with Crippen molar-refractivity contribution in [3.63, 3.8) is 0 Å². The number of ether oxygens (including phenoxy) is 1. The Balaban J connectivity index is 1.44. The van der Waals surface area contributed by atoms with E-state index in [0.717, 1.165) is 16.7 Å².